The fourth-order valence-electron chi connectivity index (χ4n) is 8.20. The van der Waals surface area contributed by atoms with Crippen molar-refractivity contribution in [3.8, 4) is 11.5 Å². The van der Waals surface area contributed by atoms with Gasteiger partial charge in [0.1, 0.15) is 11.5 Å². The molecule has 3 N–H and O–H groups in total. The van der Waals surface area contributed by atoms with E-state index in [2.05, 4.69) is 0 Å². The maximum atomic E-state index is 15.1. The molecule has 0 aromatic heterocycles. The summed E-state index contributed by atoms with van der Waals surface area (Å²) in [5.41, 5.74) is 5.76. The topological polar surface area (TPSA) is 147 Å². The summed E-state index contributed by atoms with van der Waals surface area (Å²) >= 11 is 6.31. The molecule has 0 unspecified atom stereocenters. The van der Waals surface area contributed by atoms with E-state index in [-0.39, 0.29) is 18.6 Å². The van der Waals surface area contributed by atoms with Crippen molar-refractivity contribution in [3.05, 3.63) is 101 Å². The molecule has 2 heterocycles. The van der Waals surface area contributed by atoms with E-state index < -0.39 is 64.7 Å². The molecule has 10 nitrogen and oxygen atoms in total. The van der Waals surface area contributed by atoms with Crippen molar-refractivity contribution >= 4 is 46.9 Å². The molecule has 11 heteroatoms. The van der Waals surface area contributed by atoms with Crippen molar-refractivity contribution in [2.45, 2.75) is 24.2 Å². The second-order valence-electron chi connectivity index (χ2n) is 11.9. The smallest absolute Gasteiger partial charge is 0.328 e. The number of primary amides is 1. The highest BCUT2D eigenvalue weighted by Crippen LogP contribution is 2.65. The molecule has 4 aliphatic rings. The number of anilines is 1. The molecule has 228 valence electrons. The Bertz CT molecular complexity index is 1840. The summed E-state index contributed by atoms with van der Waals surface area (Å²) in [5, 5.41) is 11.8. The zero-order valence-corrected chi connectivity index (χ0v) is 24.8. The number of carbonyl (C=O) groups is 5. The quantitative estimate of drug-likeness (QED) is 0.325. The Kier molecular flexibility index (Phi) is 6.59. The highest BCUT2D eigenvalue weighted by Gasteiger charge is 2.70. The van der Waals surface area contributed by atoms with Crippen molar-refractivity contribution < 1.29 is 33.8 Å². The third-order valence-corrected chi connectivity index (χ3v) is 10.2. The van der Waals surface area contributed by atoms with Gasteiger partial charge in [-0.3, -0.25) is 19.2 Å². The lowest BCUT2D eigenvalue weighted by atomic mass is 9.49. The van der Waals surface area contributed by atoms with E-state index >= 15 is 4.79 Å². The Balaban J connectivity index is 1.51. The van der Waals surface area contributed by atoms with Crippen LogP contribution in [0.4, 0.5) is 10.5 Å². The zero-order valence-electron chi connectivity index (χ0n) is 24.1. The lowest BCUT2D eigenvalue weighted by molar-refractivity contribution is -0.136. The summed E-state index contributed by atoms with van der Waals surface area (Å²) in [5.74, 6) is -6.61. The number of benzene rings is 3. The predicted molar refractivity (Wildman–Crippen MR) is 162 cm³/mol. The van der Waals surface area contributed by atoms with Gasteiger partial charge in [-0.15, -0.1) is 0 Å². The molecule has 2 aliphatic carbocycles. The monoisotopic (exact) mass is 625 g/mol. The molecule has 0 radical (unpaired) electrons. The molecule has 0 bridgehead atoms. The number of methoxy groups -OCH3 is 1. The number of amides is 6. The van der Waals surface area contributed by atoms with Gasteiger partial charge in [-0.25, -0.2) is 9.69 Å². The van der Waals surface area contributed by atoms with Gasteiger partial charge in [0.15, 0.2) is 0 Å². The second kappa shape index (κ2) is 10.3. The van der Waals surface area contributed by atoms with Gasteiger partial charge >= 0.3 is 6.03 Å². The number of nitrogens with zero attached hydrogens (tertiary/aromatic N) is 2. The van der Waals surface area contributed by atoms with E-state index in [4.69, 9.17) is 22.1 Å². The molecule has 2 aliphatic heterocycles. The first-order chi connectivity index (χ1) is 21.6. The van der Waals surface area contributed by atoms with Gasteiger partial charge < -0.3 is 15.6 Å². The van der Waals surface area contributed by atoms with E-state index in [9.17, 15) is 24.3 Å². The summed E-state index contributed by atoms with van der Waals surface area (Å²) in [7, 11) is 1.46. The van der Waals surface area contributed by atoms with E-state index in [1.165, 1.54) is 13.2 Å². The minimum Gasteiger partial charge on any atom is -0.508 e. The predicted octanol–water partition coefficient (Wildman–Crippen LogP) is 4.30. The molecule has 45 heavy (non-hydrogen) atoms. The number of nitrogens with two attached hydrogens (primary N) is 1. The number of fused-ring (bicyclic) bond motifs is 4. The summed E-state index contributed by atoms with van der Waals surface area (Å²) in [6, 6.07) is 19.0. The van der Waals surface area contributed by atoms with E-state index in [1.54, 1.807) is 60.7 Å². The van der Waals surface area contributed by atoms with Gasteiger partial charge in [-0.05, 0) is 48.6 Å². The molecular weight excluding hydrogens is 598 g/mol. The minimum atomic E-state index is -1.54. The van der Waals surface area contributed by atoms with Crippen molar-refractivity contribution in [2.24, 2.45) is 29.4 Å². The lowest BCUT2D eigenvalue weighted by Gasteiger charge is -2.50. The Morgan fingerprint density at radius 2 is 1.71 bits per heavy atom. The molecule has 0 spiro atoms. The Labute approximate surface area is 263 Å². The van der Waals surface area contributed by atoms with Crippen LogP contribution in [0.3, 0.4) is 0 Å². The van der Waals surface area contributed by atoms with Crippen LogP contribution in [0.1, 0.15) is 29.9 Å². The number of halogens is 1. The van der Waals surface area contributed by atoms with Crippen LogP contribution in [0.25, 0.3) is 0 Å². The molecule has 6 amide bonds. The highest BCUT2D eigenvalue weighted by molar-refractivity contribution is 6.32. The molecule has 3 aromatic carbocycles. The van der Waals surface area contributed by atoms with E-state index in [1.807, 2.05) is 12.1 Å². The lowest BCUT2D eigenvalue weighted by Crippen LogP contribution is -2.53. The Morgan fingerprint density at radius 1 is 0.956 bits per heavy atom. The average Bonchev–Trinajstić information content (AvgIpc) is 3.42. The van der Waals surface area contributed by atoms with Crippen LogP contribution in [0.15, 0.2) is 84.4 Å². The number of urea groups is 1. The Morgan fingerprint density at radius 3 is 2.38 bits per heavy atom. The molecular formula is C34H28ClN3O7. The fraction of sp³-hybridized carbons (Fsp3) is 0.265. The third kappa shape index (κ3) is 3.91. The molecule has 1 saturated carbocycles. The van der Waals surface area contributed by atoms with Crippen molar-refractivity contribution in [2.75, 3.05) is 12.0 Å². The van der Waals surface area contributed by atoms with E-state index in [0.29, 0.717) is 38.1 Å². The standard InChI is InChI=1S/C34H28ClN3O7/c1-45-20-10-11-22(26(39)15-20)28-21-12-13-23-27(31(42)38(29(23)40)33(36)44)24(21)16-25-30(41)37(19-9-5-8-18(35)14-19)32(43)34(25,28)17-6-3-2-4-7-17/h2-12,14-15,23-25,27-28,39H,13,16H2,1H3,(H2,36,44)/t23-,24+,25-,27-,28+,34+/m0/s1. The van der Waals surface area contributed by atoms with Crippen LogP contribution in [0, 0.1) is 23.7 Å². The van der Waals surface area contributed by atoms with E-state index in [0.717, 1.165) is 4.90 Å². The molecule has 3 fully saturated rings. The fourth-order valence-corrected chi connectivity index (χ4v) is 8.38. The summed E-state index contributed by atoms with van der Waals surface area (Å²) in [6.07, 6.45) is 1.99. The van der Waals surface area contributed by atoms with Crippen LogP contribution in [-0.4, -0.2) is 46.8 Å². The number of hydrogen-bond acceptors (Lipinski definition) is 7. The van der Waals surface area contributed by atoms with Gasteiger partial charge in [-0.1, -0.05) is 65.7 Å². The average molecular weight is 626 g/mol. The van der Waals surface area contributed by atoms with Gasteiger partial charge in [0, 0.05) is 22.6 Å². The number of allylic oxidation sites excluding steroid dienone is 2. The normalized spacial score (nSPS) is 28.8. The van der Waals surface area contributed by atoms with Gasteiger partial charge in [0.05, 0.1) is 36.0 Å². The minimum absolute atomic E-state index is 0.0442. The van der Waals surface area contributed by atoms with Crippen LogP contribution in [-0.2, 0) is 24.6 Å². The SMILES string of the molecule is COc1ccc([C@H]2C3=CC[C@@H]4C(=O)N(C(N)=O)C(=O)[C@@H]4[C@@H]3C[C@H]3C(=O)N(c4cccc(Cl)c4)C(=O)[C@@]23c2ccccc2)c(O)c1. The number of likely N-dealkylation sites (tertiary alicyclic amines) is 1. The summed E-state index contributed by atoms with van der Waals surface area (Å²) in [6.45, 7) is 0. The number of carbonyl (C=O) groups excluding carboxylic acids is 5. The van der Waals surface area contributed by atoms with Crippen molar-refractivity contribution in [1.29, 1.82) is 0 Å². The van der Waals surface area contributed by atoms with Crippen molar-refractivity contribution in [1.82, 2.24) is 4.90 Å². The first-order valence-corrected chi connectivity index (χ1v) is 14.9. The van der Waals surface area contributed by atoms with Crippen LogP contribution in [0.2, 0.25) is 5.02 Å². The Hall–Kier alpha value is -4.96. The number of ether oxygens (including phenoxy) is 1. The number of phenols is 1. The second-order valence-corrected chi connectivity index (χ2v) is 12.3. The maximum absolute atomic E-state index is 15.1. The number of aromatic hydroxyl groups is 1. The van der Waals surface area contributed by atoms with Crippen molar-refractivity contribution in [3.63, 3.8) is 0 Å². The number of rotatable bonds is 4. The summed E-state index contributed by atoms with van der Waals surface area (Å²) < 4.78 is 5.33. The number of phenolic OH excluding ortho intramolecular Hbond substituents is 1. The largest absolute Gasteiger partial charge is 0.508 e. The maximum Gasteiger partial charge on any atom is 0.328 e. The molecule has 6 atom stereocenters. The number of hydrogen-bond donors (Lipinski definition) is 2. The van der Waals surface area contributed by atoms with Crippen LogP contribution < -0.4 is 15.4 Å². The first-order valence-electron chi connectivity index (χ1n) is 14.5. The van der Waals surface area contributed by atoms with Crippen LogP contribution in [0.5, 0.6) is 11.5 Å². The molecule has 7 rings (SSSR count). The van der Waals surface area contributed by atoms with Crippen LogP contribution >= 0.6 is 11.6 Å². The third-order valence-electron chi connectivity index (χ3n) is 9.94. The van der Waals surface area contributed by atoms with Gasteiger partial charge in [0.2, 0.25) is 23.6 Å². The zero-order chi connectivity index (χ0) is 31.8. The van der Waals surface area contributed by atoms with Gasteiger partial charge in [0.25, 0.3) is 0 Å². The highest BCUT2D eigenvalue weighted by atomic mass is 35.5. The number of imide groups is 4. The molecule has 3 aromatic rings. The molecule has 2 saturated heterocycles. The summed E-state index contributed by atoms with van der Waals surface area (Å²) in [4.78, 5) is 70.4. The van der Waals surface area contributed by atoms with Gasteiger partial charge in [-0.2, -0.15) is 4.90 Å². The first kappa shape index (κ1) is 28.8.